The second kappa shape index (κ2) is 12.8. The molecule has 3 fully saturated rings. The molecule has 0 bridgehead atoms. The van der Waals surface area contributed by atoms with Gasteiger partial charge in [0.15, 0.2) is 0 Å². The number of anilines is 2. The predicted molar refractivity (Wildman–Crippen MR) is 198 cm³/mol. The van der Waals surface area contributed by atoms with Gasteiger partial charge in [0.25, 0.3) is 11.8 Å². The maximum Gasteiger partial charge on any atom is 0.260 e. The van der Waals surface area contributed by atoms with Crippen LogP contribution in [0.25, 0.3) is 0 Å². The number of phenols is 1. The maximum absolute atomic E-state index is 15.3. The van der Waals surface area contributed by atoms with Crippen molar-refractivity contribution in [2.75, 3.05) is 17.4 Å². The Morgan fingerprint density at radius 3 is 2.15 bits per heavy atom. The number of hydrogen-bond acceptors (Lipinski definition) is 7. The molecule has 8 rings (SSSR count). The Morgan fingerprint density at radius 1 is 0.788 bits per heavy atom. The predicted octanol–water partition coefficient (Wildman–Crippen LogP) is 8.20. The van der Waals surface area contributed by atoms with E-state index in [1.807, 2.05) is 6.08 Å². The Bertz CT molecular complexity index is 2210. The molecule has 4 aromatic carbocycles. The van der Waals surface area contributed by atoms with Gasteiger partial charge in [-0.15, -0.1) is 0 Å². The molecule has 0 spiro atoms. The molecule has 4 amide bonds. The zero-order valence-corrected chi connectivity index (χ0v) is 30.4. The smallest absolute Gasteiger partial charge is 0.260 e. The number of fused-ring (bicyclic) bond motifs is 4. The minimum atomic E-state index is -1.64. The number of allylic oxidation sites excluding steroid dienone is 2. The molecule has 52 heavy (non-hydrogen) atoms. The number of ether oxygens (including phenoxy) is 1. The molecule has 4 aromatic rings. The van der Waals surface area contributed by atoms with Crippen molar-refractivity contribution in [3.05, 3.63) is 128 Å². The SMILES string of the molecule is COc1ccc(C23C(=O)N(Nc4ccc(Cl)cc4Cl)C(=O)C2CC2C(=CCC4C(=O)N(c5ccc(Cl)cc5)C(=O)C42)C3c2cc(Cl)ccc2O)cc1. The van der Waals surface area contributed by atoms with Crippen molar-refractivity contribution in [2.24, 2.45) is 23.7 Å². The van der Waals surface area contributed by atoms with E-state index < -0.39 is 52.7 Å². The van der Waals surface area contributed by atoms with Crippen LogP contribution in [0.4, 0.5) is 11.4 Å². The van der Waals surface area contributed by atoms with Crippen LogP contribution in [0.2, 0.25) is 20.1 Å². The first-order chi connectivity index (χ1) is 24.9. The van der Waals surface area contributed by atoms with E-state index in [-0.39, 0.29) is 35.2 Å². The molecule has 9 nitrogen and oxygen atoms in total. The molecule has 2 aliphatic heterocycles. The van der Waals surface area contributed by atoms with Crippen LogP contribution in [0, 0.1) is 23.7 Å². The standard InChI is InChI=1S/C39H29Cl4N3O6/c1-52-24-10-2-19(3-11-24)39-29(36(49)46(38(39)51)44-31-14-6-22(42)17-30(31)43)18-27-25(34(39)28-16-21(41)7-15-32(28)47)12-13-26-33(27)37(50)45(35(26)48)23-8-4-20(40)5-9-23/h2-12,14-17,26-27,29,33-34,44,47H,13,18H2,1H3. The van der Waals surface area contributed by atoms with E-state index in [1.54, 1.807) is 66.7 Å². The van der Waals surface area contributed by atoms with Crippen LogP contribution in [0.5, 0.6) is 11.5 Å². The zero-order valence-electron chi connectivity index (χ0n) is 27.4. The highest BCUT2D eigenvalue weighted by Gasteiger charge is 2.70. The van der Waals surface area contributed by atoms with Gasteiger partial charge in [0.1, 0.15) is 11.5 Å². The van der Waals surface area contributed by atoms with E-state index >= 15 is 4.79 Å². The minimum absolute atomic E-state index is 0.0570. The van der Waals surface area contributed by atoms with Crippen molar-refractivity contribution in [3.8, 4) is 11.5 Å². The Morgan fingerprint density at radius 2 is 1.46 bits per heavy atom. The van der Waals surface area contributed by atoms with Crippen LogP contribution in [0.1, 0.15) is 29.9 Å². The lowest BCUT2D eigenvalue weighted by Gasteiger charge is -2.50. The molecule has 2 N–H and O–H groups in total. The van der Waals surface area contributed by atoms with E-state index in [2.05, 4.69) is 5.43 Å². The molecule has 0 radical (unpaired) electrons. The van der Waals surface area contributed by atoms with Crippen LogP contribution in [0.15, 0.2) is 96.6 Å². The first-order valence-corrected chi connectivity index (χ1v) is 18.0. The number of phenolic OH excluding ortho intramolecular Hbond substituents is 1. The Hall–Kier alpha value is -4.54. The van der Waals surface area contributed by atoms with Gasteiger partial charge in [-0.25, -0.2) is 0 Å². The number of carbonyl (C=O) groups is 4. The molecule has 2 aliphatic carbocycles. The van der Waals surface area contributed by atoms with Crippen LogP contribution in [-0.2, 0) is 24.6 Å². The monoisotopic (exact) mass is 775 g/mol. The number of nitrogens with zero attached hydrogens (tertiary/aromatic N) is 2. The van der Waals surface area contributed by atoms with Gasteiger partial charge < -0.3 is 9.84 Å². The maximum atomic E-state index is 15.3. The first kappa shape index (κ1) is 34.5. The van der Waals surface area contributed by atoms with Crippen molar-refractivity contribution in [3.63, 3.8) is 0 Å². The summed E-state index contributed by atoms with van der Waals surface area (Å²) >= 11 is 25.4. The Labute approximate surface area is 318 Å². The Balaban J connectivity index is 1.34. The number of hydrazine groups is 1. The van der Waals surface area contributed by atoms with E-state index in [0.717, 1.165) is 5.01 Å². The fraction of sp³-hybridized carbons (Fsp3) is 0.231. The highest BCUT2D eigenvalue weighted by atomic mass is 35.5. The van der Waals surface area contributed by atoms with Crippen LogP contribution >= 0.6 is 46.4 Å². The number of halogens is 4. The number of hydrogen-bond donors (Lipinski definition) is 2. The third kappa shape index (κ3) is 5.12. The molecule has 0 aromatic heterocycles. The lowest BCUT2D eigenvalue weighted by Crippen LogP contribution is -2.53. The van der Waals surface area contributed by atoms with E-state index in [1.165, 1.54) is 30.2 Å². The average molecular weight is 777 g/mol. The summed E-state index contributed by atoms with van der Waals surface area (Å²) in [5, 5.41) is 13.8. The van der Waals surface area contributed by atoms with Gasteiger partial charge in [-0.3, -0.25) is 29.5 Å². The molecule has 264 valence electrons. The van der Waals surface area contributed by atoms with Gasteiger partial charge in [-0.2, -0.15) is 5.01 Å². The summed E-state index contributed by atoms with van der Waals surface area (Å²) in [5.74, 6) is -5.77. The van der Waals surface area contributed by atoms with Gasteiger partial charge in [-0.05, 0) is 97.1 Å². The third-order valence-corrected chi connectivity index (χ3v) is 12.0. The fourth-order valence-corrected chi connectivity index (χ4v) is 9.55. The van der Waals surface area contributed by atoms with Crippen LogP contribution < -0.4 is 15.1 Å². The van der Waals surface area contributed by atoms with Gasteiger partial charge in [0.2, 0.25) is 11.8 Å². The van der Waals surface area contributed by atoms with E-state index in [0.29, 0.717) is 43.2 Å². The summed E-state index contributed by atoms with van der Waals surface area (Å²) < 4.78 is 5.44. The zero-order chi connectivity index (χ0) is 36.6. The minimum Gasteiger partial charge on any atom is -0.508 e. The van der Waals surface area contributed by atoms with Crippen molar-refractivity contribution in [1.82, 2.24) is 5.01 Å². The number of aromatic hydroxyl groups is 1. The summed E-state index contributed by atoms with van der Waals surface area (Å²) in [6.45, 7) is 0. The van der Waals surface area contributed by atoms with Crippen molar-refractivity contribution < 1.29 is 29.0 Å². The molecule has 4 aliphatic rings. The normalized spacial score (nSPS) is 26.6. The number of imide groups is 2. The summed E-state index contributed by atoms with van der Waals surface area (Å²) in [6.07, 6.45) is 2.16. The highest BCUT2D eigenvalue weighted by Crippen LogP contribution is 2.65. The van der Waals surface area contributed by atoms with Crippen molar-refractivity contribution in [1.29, 1.82) is 0 Å². The number of amides is 4. The largest absolute Gasteiger partial charge is 0.508 e. The molecule has 6 unspecified atom stereocenters. The average Bonchev–Trinajstić information content (AvgIpc) is 3.51. The van der Waals surface area contributed by atoms with Gasteiger partial charge in [0.05, 0.1) is 46.7 Å². The molecule has 2 heterocycles. The summed E-state index contributed by atoms with van der Waals surface area (Å²) in [6, 6.07) is 22.6. The topological polar surface area (TPSA) is 116 Å². The molecule has 1 saturated carbocycles. The molecule has 13 heteroatoms. The third-order valence-electron chi connectivity index (χ3n) is 11.0. The lowest BCUT2D eigenvalue weighted by molar-refractivity contribution is -0.138. The highest BCUT2D eigenvalue weighted by molar-refractivity contribution is 6.36. The summed E-state index contributed by atoms with van der Waals surface area (Å²) in [4.78, 5) is 59.8. The molecule has 6 atom stereocenters. The van der Waals surface area contributed by atoms with Gasteiger partial charge in [0, 0.05) is 26.5 Å². The second-order valence-corrected chi connectivity index (χ2v) is 15.1. The van der Waals surface area contributed by atoms with Gasteiger partial charge >= 0.3 is 0 Å². The van der Waals surface area contributed by atoms with Crippen LogP contribution in [0.3, 0.4) is 0 Å². The van der Waals surface area contributed by atoms with E-state index in [4.69, 9.17) is 51.1 Å². The summed E-state index contributed by atoms with van der Waals surface area (Å²) in [5.41, 5.74) is 3.44. The number of benzene rings is 4. The quantitative estimate of drug-likeness (QED) is 0.150. The molecule has 2 saturated heterocycles. The van der Waals surface area contributed by atoms with Crippen molar-refractivity contribution >= 4 is 81.4 Å². The number of methoxy groups -OCH3 is 1. The van der Waals surface area contributed by atoms with Crippen molar-refractivity contribution in [2.45, 2.75) is 24.2 Å². The first-order valence-electron chi connectivity index (χ1n) is 16.5. The van der Waals surface area contributed by atoms with E-state index in [9.17, 15) is 19.5 Å². The second-order valence-electron chi connectivity index (χ2n) is 13.4. The molecular formula is C39H29Cl4N3O6. The van der Waals surface area contributed by atoms with Gasteiger partial charge in [-0.1, -0.05) is 70.2 Å². The molecular weight excluding hydrogens is 748 g/mol. The summed E-state index contributed by atoms with van der Waals surface area (Å²) in [7, 11) is 1.52. The number of rotatable bonds is 6. The lowest BCUT2D eigenvalue weighted by atomic mass is 9.49. The van der Waals surface area contributed by atoms with Crippen LogP contribution in [-0.4, -0.2) is 40.9 Å². The number of carbonyl (C=O) groups excluding carboxylic acids is 4. The Kier molecular flexibility index (Phi) is 8.53. The number of nitrogens with one attached hydrogen (secondary N) is 1. The fourth-order valence-electron chi connectivity index (χ4n) is 8.79.